The fraction of sp³-hybridized carbons (Fsp3) is 0.750. The van der Waals surface area contributed by atoms with Crippen molar-refractivity contribution in [3.05, 3.63) is 12.2 Å². The molecule has 1 atom stereocenters. The number of likely N-dealkylation sites (tertiary alicyclic amines) is 1. The molecule has 0 aromatic heterocycles. The number of hydrogen-bond donors (Lipinski definition) is 0. The number of piperidine rings is 1. The first kappa shape index (κ1) is 19.0. The van der Waals surface area contributed by atoms with Crippen molar-refractivity contribution in [2.24, 2.45) is 0 Å². The number of carbonyl (C=O) groups excluding carboxylic acids is 2. The van der Waals surface area contributed by atoms with Gasteiger partial charge in [0.05, 0.1) is 7.11 Å². The van der Waals surface area contributed by atoms with Crippen LogP contribution in [-0.2, 0) is 14.3 Å². The van der Waals surface area contributed by atoms with E-state index in [2.05, 4.69) is 15.9 Å². The Balaban J connectivity index is 3.09. The van der Waals surface area contributed by atoms with Crippen LogP contribution < -0.4 is 0 Å². The highest BCUT2D eigenvalue weighted by atomic mass is 79.9. The Morgan fingerprint density at radius 1 is 1.27 bits per heavy atom. The third-order valence-electron chi connectivity index (χ3n) is 3.63. The van der Waals surface area contributed by atoms with Crippen molar-refractivity contribution in [1.29, 1.82) is 0 Å². The molecular weight excluding hydrogens is 350 g/mol. The van der Waals surface area contributed by atoms with Crippen LogP contribution in [0, 0.1) is 0 Å². The first-order chi connectivity index (χ1) is 10.3. The lowest BCUT2D eigenvalue weighted by atomic mass is 9.83. The van der Waals surface area contributed by atoms with Crippen molar-refractivity contribution in [3.63, 3.8) is 0 Å². The van der Waals surface area contributed by atoms with Crippen molar-refractivity contribution in [2.45, 2.75) is 57.6 Å². The van der Waals surface area contributed by atoms with Crippen molar-refractivity contribution < 1.29 is 19.1 Å². The molecule has 1 amide bonds. The molecule has 0 saturated carbocycles. The molecule has 1 heterocycles. The molecule has 1 aliphatic heterocycles. The smallest absolute Gasteiger partial charge is 0.411 e. The Bertz CT molecular complexity index is 430. The van der Waals surface area contributed by atoms with E-state index in [0.717, 1.165) is 12.8 Å². The summed E-state index contributed by atoms with van der Waals surface area (Å²) in [6.07, 6.45) is 6.15. The second-order valence-electron chi connectivity index (χ2n) is 6.44. The Morgan fingerprint density at radius 2 is 1.95 bits per heavy atom. The molecule has 0 spiro atoms. The molecule has 22 heavy (non-hydrogen) atoms. The van der Waals surface area contributed by atoms with Gasteiger partial charge in [0.1, 0.15) is 11.1 Å². The molecule has 126 valence electrons. The van der Waals surface area contributed by atoms with Gasteiger partial charge in [-0.1, -0.05) is 28.1 Å². The zero-order chi connectivity index (χ0) is 16.8. The van der Waals surface area contributed by atoms with E-state index in [4.69, 9.17) is 9.47 Å². The topological polar surface area (TPSA) is 55.8 Å². The molecular formula is C16H26BrNO4. The molecule has 1 aliphatic rings. The standard InChI is InChI=1S/C16H26BrNO4/c1-15(2,3)22-14(20)18-12-8-6-10-16(18,13(19)21-4)9-5-7-11-17/h5,7H,6,8-12H2,1-4H3/b7-5-. The van der Waals surface area contributed by atoms with Crippen LogP contribution in [0.2, 0.25) is 0 Å². The first-order valence-corrected chi connectivity index (χ1v) is 8.69. The summed E-state index contributed by atoms with van der Waals surface area (Å²) >= 11 is 3.32. The maximum absolute atomic E-state index is 12.5. The van der Waals surface area contributed by atoms with Gasteiger partial charge in [-0.05, 0) is 46.5 Å². The summed E-state index contributed by atoms with van der Waals surface area (Å²) < 4.78 is 10.5. The predicted octanol–water partition coefficient (Wildman–Crippen LogP) is 3.66. The van der Waals surface area contributed by atoms with E-state index in [-0.39, 0.29) is 5.97 Å². The van der Waals surface area contributed by atoms with Crippen LogP contribution in [0.25, 0.3) is 0 Å². The number of esters is 1. The molecule has 0 radical (unpaired) electrons. The zero-order valence-electron chi connectivity index (χ0n) is 13.9. The molecule has 0 N–H and O–H groups in total. The van der Waals surface area contributed by atoms with E-state index in [1.54, 1.807) is 4.90 Å². The Morgan fingerprint density at radius 3 is 2.50 bits per heavy atom. The number of carbonyl (C=O) groups is 2. The number of rotatable bonds is 4. The highest BCUT2D eigenvalue weighted by Crippen LogP contribution is 2.34. The lowest BCUT2D eigenvalue weighted by Gasteiger charge is -2.44. The average molecular weight is 376 g/mol. The number of halogens is 1. The van der Waals surface area contributed by atoms with Crippen LogP contribution in [0.1, 0.15) is 46.5 Å². The number of amides is 1. The quantitative estimate of drug-likeness (QED) is 0.427. The van der Waals surface area contributed by atoms with Crippen molar-refractivity contribution in [3.8, 4) is 0 Å². The van der Waals surface area contributed by atoms with E-state index < -0.39 is 17.2 Å². The molecule has 0 aromatic rings. The van der Waals surface area contributed by atoms with E-state index >= 15 is 0 Å². The first-order valence-electron chi connectivity index (χ1n) is 7.57. The molecule has 5 nitrogen and oxygen atoms in total. The monoisotopic (exact) mass is 375 g/mol. The van der Waals surface area contributed by atoms with Gasteiger partial charge in [-0.25, -0.2) is 9.59 Å². The number of nitrogens with zero attached hydrogens (tertiary/aromatic N) is 1. The second kappa shape index (κ2) is 7.99. The van der Waals surface area contributed by atoms with Gasteiger partial charge >= 0.3 is 12.1 Å². The number of alkyl halides is 1. The van der Waals surface area contributed by atoms with Crippen molar-refractivity contribution in [2.75, 3.05) is 19.0 Å². The zero-order valence-corrected chi connectivity index (χ0v) is 15.4. The van der Waals surface area contributed by atoms with Crippen LogP contribution in [0.3, 0.4) is 0 Å². The number of ether oxygens (including phenoxy) is 2. The van der Waals surface area contributed by atoms with Gasteiger partial charge in [-0.2, -0.15) is 0 Å². The summed E-state index contributed by atoms with van der Waals surface area (Å²) in [5.41, 5.74) is -1.56. The SMILES string of the molecule is COC(=O)C1(C/C=C\CBr)CCCCN1C(=O)OC(C)(C)C. The minimum Gasteiger partial charge on any atom is -0.467 e. The summed E-state index contributed by atoms with van der Waals surface area (Å²) in [4.78, 5) is 26.5. The fourth-order valence-electron chi connectivity index (χ4n) is 2.66. The molecule has 6 heteroatoms. The Hall–Kier alpha value is -1.04. The molecule has 0 aliphatic carbocycles. The van der Waals surface area contributed by atoms with Gasteiger partial charge in [0.25, 0.3) is 0 Å². The minimum absolute atomic E-state index is 0.378. The largest absolute Gasteiger partial charge is 0.467 e. The highest BCUT2D eigenvalue weighted by Gasteiger charge is 2.49. The fourth-order valence-corrected chi connectivity index (χ4v) is 2.92. The number of hydrogen-bond acceptors (Lipinski definition) is 4. The third-order valence-corrected chi connectivity index (χ3v) is 4.00. The lowest BCUT2D eigenvalue weighted by Crippen LogP contribution is -2.60. The summed E-state index contributed by atoms with van der Waals surface area (Å²) in [5, 5.41) is 0.705. The van der Waals surface area contributed by atoms with Gasteiger partial charge in [0, 0.05) is 11.9 Å². The molecule has 0 bridgehead atoms. The maximum Gasteiger partial charge on any atom is 0.411 e. The summed E-state index contributed by atoms with van der Waals surface area (Å²) in [5.74, 6) is -0.378. The van der Waals surface area contributed by atoms with E-state index in [0.29, 0.717) is 24.7 Å². The number of allylic oxidation sites excluding steroid dienone is 1. The molecule has 1 fully saturated rings. The maximum atomic E-state index is 12.5. The van der Waals surface area contributed by atoms with Crippen LogP contribution in [0.15, 0.2) is 12.2 Å². The van der Waals surface area contributed by atoms with Crippen LogP contribution in [0.4, 0.5) is 4.79 Å². The van der Waals surface area contributed by atoms with Crippen molar-refractivity contribution in [1.82, 2.24) is 4.90 Å². The van der Waals surface area contributed by atoms with Crippen LogP contribution >= 0.6 is 15.9 Å². The minimum atomic E-state index is -0.964. The van der Waals surface area contributed by atoms with E-state index in [1.807, 2.05) is 32.9 Å². The van der Waals surface area contributed by atoms with Crippen LogP contribution in [0.5, 0.6) is 0 Å². The highest BCUT2D eigenvalue weighted by molar-refractivity contribution is 9.09. The average Bonchev–Trinajstić information content (AvgIpc) is 2.45. The van der Waals surface area contributed by atoms with Crippen LogP contribution in [-0.4, -0.2) is 47.1 Å². The predicted molar refractivity (Wildman–Crippen MR) is 89.1 cm³/mol. The molecule has 0 aromatic carbocycles. The van der Waals surface area contributed by atoms with Crippen molar-refractivity contribution >= 4 is 28.0 Å². The van der Waals surface area contributed by atoms with E-state index in [1.165, 1.54) is 7.11 Å². The second-order valence-corrected chi connectivity index (χ2v) is 7.09. The molecule has 1 saturated heterocycles. The summed E-state index contributed by atoms with van der Waals surface area (Å²) in [6.45, 7) is 5.96. The van der Waals surface area contributed by atoms with Gasteiger partial charge in [0.15, 0.2) is 0 Å². The normalized spacial score (nSPS) is 22.7. The Labute approximate surface area is 141 Å². The molecule has 1 unspecified atom stereocenters. The third kappa shape index (κ3) is 4.73. The summed E-state index contributed by atoms with van der Waals surface area (Å²) in [7, 11) is 1.36. The lowest BCUT2D eigenvalue weighted by molar-refractivity contribution is -0.157. The van der Waals surface area contributed by atoms with Gasteiger partial charge in [-0.3, -0.25) is 4.90 Å². The van der Waals surface area contributed by atoms with E-state index in [9.17, 15) is 9.59 Å². The van der Waals surface area contributed by atoms with Gasteiger partial charge < -0.3 is 9.47 Å². The number of methoxy groups -OCH3 is 1. The van der Waals surface area contributed by atoms with Gasteiger partial charge in [-0.15, -0.1) is 0 Å². The molecule has 1 rings (SSSR count). The summed E-state index contributed by atoms with van der Waals surface area (Å²) in [6, 6.07) is 0. The van der Waals surface area contributed by atoms with Gasteiger partial charge in [0.2, 0.25) is 0 Å². The Kier molecular flexibility index (Phi) is 6.91.